The van der Waals surface area contributed by atoms with Gasteiger partial charge in [-0.25, -0.2) is 4.98 Å². The highest BCUT2D eigenvalue weighted by molar-refractivity contribution is 5.34. The van der Waals surface area contributed by atoms with Crippen molar-refractivity contribution < 1.29 is 28.1 Å². The van der Waals surface area contributed by atoms with Crippen LogP contribution in [0.3, 0.4) is 0 Å². The standard InChI is InChI=1S/C26H36F3N5O3/c1-17(2)11-18-3-5-19(6-4-18)14-33-7-9-34(10-8-33)15-21-25(36)24(35)20(16-37-21)31-23-13-30-12-22(32-23)26(27,28)29/h3-6,12-13,17,20-21,24-25,35-36H,7-11,14-16H2,1-2H3,(H,31,32)/t20-,21+,24+,25-/m0/s1. The number of halogens is 3. The molecule has 0 aliphatic carbocycles. The highest BCUT2D eigenvalue weighted by Crippen LogP contribution is 2.28. The number of aliphatic hydroxyl groups is 2. The van der Waals surface area contributed by atoms with E-state index in [-0.39, 0.29) is 12.4 Å². The quantitative estimate of drug-likeness (QED) is 0.486. The molecule has 3 heterocycles. The molecule has 0 amide bonds. The maximum absolute atomic E-state index is 12.9. The summed E-state index contributed by atoms with van der Waals surface area (Å²) >= 11 is 0. The number of hydrogen-bond donors (Lipinski definition) is 3. The number of alkyl halides is 3. The van der Waals surface area contributed by atoms with Crippen LogP contribution in [-0.2, 0) is 23.9 Å². The normalized spacial score (nSPS) is 25.9. The molecular formula is C26H36F3N5O3. The average Bonchev–Trinajstić information content (AvgIpc) is 2.85. The van der Waals surface area contributed by atoms with Crippen LogP contribution in [0.5, 0.6) is 0 Å². The first-order valence-electron chi connectivity index (χ1n) is 12.7. The third kappa shape index (κ3) is 7.61. The van der Waals surface area contributed by atoms with E-state index in [9.17, 15) is 23.4 Å². The average molecular weight is 524 g/mol. The Labute approximate surface area is 215 Å². The van der Waals surface area contributed by atoms with Crippen molar-refractivity contribution in [1.82, 2.24) is 19.8 Å². The van der Waals surface area contributed by atoms with E-state index in [2.05, 4.69) is 63.2 Å². The Morgan fingerprint density at radius 1 is 1.00 bits per heavy atom. The first-order valence-corrected chi connectivity index (χ1v) is 12.7. The smallest absolute Gasteiger partial charge is 0.388 e. The molecule has 8 nitrogen and oxygen atoms in total. The highest BCUT2D eigenvalue weighted by atomic mass is 19.4. The van der Waals surface area contributed by atoms with Gasteiger partial charge in [-0.15, -0.1) is 0 Å². The second kappa shape index (κ2) is 12.0. The molecule has 4 rings (SSSR count). The molecule has 2 aliphatic heterocycles. The molecule has 1 aromatic carbocycles. The van der Waals surface area contributed by atoms with E-state index < -0.39 is 36.2 Å². The van der Waals surface area contributed by atoms with Crippen LogP contribution in [0.4, 0.5) is 19.0 Å². The zero-order valence-corrected chi connectivity index (χ0v) is 21.2. The zero-order valence-electron chi connectivity index (χ0n) is 21.2. The Hall–Kier alpha value is -2.31. The van der Waals surface area contributed by atoms with Crippen molar-refractivity contribution in [1.29, 1.82) is 0 Å². The van der Waals surface area contributed by atoms with Crippen molar-refractivity contribution in [3.05, 3.63) is 53.5 Å². The van der Waals surface area contributed by atoms with Crippen LogP contribution in [0.25, 0.3) is 0 Å². The summed E-state index contributed by atoms with van der Waals surface area (Å²) in [5.41, 5.74) is 1.51. The summed E-state index contributed by atoms with van der Waals surface area (Å²) in [6.07, 6.45) is -4.78. The van der Waals surface area contributed by atoms with Crippen molar-refractivity contribution in [3.63, 3.8) is 0 Å². The van der Waals surface area contributed by atoms with Gasteiger partial charge in [0.1, 0.15) is 18.0 Å². The summed E-state index contributed by atoms with van der Waals surface area (Å²) in [5.74, 6) is 0.498. The van der Waals surface area contributed by atoms with Crippen LogP contribution < -0.4 is 5.32 Å². The minimum atomic E-state index is -4.63. The topological polar surface area (TPSA) is 94.0 Å². The number of rotatable bonds is 8. The molecule has 0 bridgehead atoms. The Balaban J connectivity index is 1.23. The molecule has 0 saturated carbocycles. The molecule has 0 unspecified atom stereocenters. The molecule has 37 heavy (non-hydrogen) atoms. The molecule has 2 fully saturated rings. The zero-order chi connectivity index (χ0) is 26.6. The van der Waals surface area contributed by atoms with Crippen molar-refractivity contribution in [3.8, 4) is 0 Å². The van der Waals surface area contributed by atoms with Crippen molar-refractivity contribution in [2.24, 2.45) is 5.92 Å². The SMILES string of the molecule is CC(C)Cc1ccc(CN2CCN(C[C@H]3OC[C@H](Nc4cncc(C(F)(F)F)n4)[C@@H](O)[C@H]3O)CC2)cc1. The number of aromatic nitrogens is 2. The largest absolute Gasteiger partial charge is 0.434 e. The summed E-state index contributed by atoms with van der Waals surface area (Å²) in [4.78, 5) is 11.7. The Bertz CT molecular complexity index is 1000. The first-order chi connectivity index (χ1) is 17.6. The van der Waals surface area contributed by atoms with Gasteiger partial charge < -0.3 is 20.3 Å². The molecular weight excluding hydrogens is 487 g/mol. The fourth-order valence-electron chi connectivity index (χ4n) is 4.83. The van der Waals surface area contributed by atoms with E-state index in [1.807, 2.05) is 0 Å². The van der Waals surface area contributed by atoms with Gasteiger partial charge in [-0.3, -0.25) is 14.8 Å². The van der Waals surface area contributed by atoms with Gasteiger partial charge in [0.2, 0.25) is 0 Å². The van der Waals surface area contributed by atoms with Gasteiger partial charge in [-0.2, -0.15) is 13.2 Å². The van der Waals surface area contributed by atoms with Gasteiger partial charge in [0.05, 0.1) is 31.1 Å². The monoisotopic (exact) mass is 523 g/mol. The molecule has 3 N–H and O–H groups in total. The van der Waals surface area contributed by atoms with Gasteiger partial charge >= 0.3 is 6.18 Å². The second-order valence-corrected chi connectivity index (χ2v) is 10.4. The van der Waals surface area contributed by atoms with Gasteiger partial charge in [0.25, 0.3) is 0 Å². The molecule has 4 atom stereocenters. The van der Waals surface area contributed by atoms with E-state index in [1.54, 1.807) is 0 Å². The van der Waals surface area contributed by atoms with Crippen LogP contribution >= 0.6 is 0 Å². The van der Waals surface area contributed by atoms with Crippen molar-refractivity contribution in [2.45, 2.75) is 57.3 Å². The number of ether oxygens (including phenoxy) is 1. The van der Waals surface area contributed by atoms with Crippen LogP contribution in [0, 0.1) is 5.92 Å². The first kappa shape index (κ1) is 27.7. The van der Waals surface area contributed by atoms with Crippen LogP contribution in [0.1, 0.15) is 30.7 Å². The van der Waals surface area contributed by atoms with Gasteiger partial charge in [-0.1, -0.05) is 38.1 Å². The lowest BCUT2D eigenvalue weighted by Gasteiger charge is -2.42. The number of benzene rings is 1. The molecule has 2 saturated heterocycles. The van der Waals surface area contributed by atoms with E-state index in [1.165, 1.54) is 11.1 Å². The number of nitrogens with one attached hydrogen (secondary N) is 1. The van der Waals surface area contributed by atoms with Crippen molar-refractivity contribution in [2.75, 3.05) is 44.6 Å². The van der Waals surface area contributed by atoms with E-state index in [0.717, 1.165) is 45.3 Å². The van der Waals surface area contributed by atoms with Crippen LogP contribution in [0.2, 0.25) is 0 Å². The van der Waals surface area contributed by atoms with E-state index >= 15 is 0 Å². The van der Waals surface area contributed by atoms with Crippen molar-refractivity contribution >= 4 is 5.82 Å². The predicted octanol–water partition coefficient (Wildman–Crippen LogP) is 2.41. The third-order valence-corrected chi connectivity index (χ3v) is 6.87. The number of hydrogen-bond acceptors (Lipinski definition) is 8. The molecule has 0 radical (unpaired) electrons. The Morgan fingerprint density at radius 2 is 1.65 bits per heavy atom. The molecule has 11 heteroatoms. The summed E-state index contributed by atoms with van der Waals surface area (Å²) in [7, 11) is 0. The molecule has 2 aliphatic rings. The van der Waals surface area contributed by atoms with Gasteiger partial charge in [-0.05, 0) is 23.5 Å². The van der Waals surface area contributed by atoms with Crippen LogP contribution in [0.15, 0.2) is 36.7 Å². The van der Waals surface area contributed by atoms with E-state index in [0.29, 0.717) is 18.7 Å². The van der Waals surface area contributed by atoms with Gasteiger partial charge in [0.15, 0.2) is 5.69 Å². The Kier molecular flexibility index (Phi) is 9.02. The lowest BCUT2D eigenvalue weighted by Crippen LogP contribution is -2.59. The molecule has 204 valence electrons. The maximum Gasteiger partial charge on any atom is 0.434 e. The predicted molar refractivity (Wildman–Crippen MR) is 133 cm³/mol. The Morgan fingerprint density at radius 3 is 2.30 bits per heavy atom. The van der Waals surface area contributed by atoms with Crippen LogP contribution in [-0.4, -0.2) is 93.7 Å². The summed E-state index contributed by atoms with van der Waals surface area (Å²) in [6, 6.07) is 8.01. The third-order valence-electron chi connectivity index (χ3n) is 6.87. The lowest BCUT2D eigenvalue weighted by molar-refractivity contribution is -0.148. The molecule has 1 aromatic heterocycles. The number of nitrogens with zero attached hydrogens (tertiary/aromatic N) is 4. The summed E-state index contributed by atoms with van der Waals surface area (Å²) < 4.78 is 44.5. The number of piperazine rings is 1. The minimum absolute atomic E-state index is 0.0214. The maximum atomic E-state index is 12.9. The highest BCUT2D eigenvalue weighted by Gasteiger charge is 2.40. The minimum Gasteiger partial charge on any atom is -0.388 e. The fraction of sp³-hybridized carbons (Fsp3) is 0.615. The number of anilines is 1. The molecule has 0 spiro atoms. The summed E-state index contributed by atoms with van der Waals surface area (Å²) in [5, 5.41) is 24.0. The second-order valence-electron chi connectivity index (χ2n) is 10.4. The van der Waals surface area contributed by atoms with E-state index in [4.69, 9.17) is 4.74 Å². The fourth-order valence-corrected chi connectivity index (χ4v) is 4.83. The summed E-state index contributed by atoms with van der Waals surface area (Å²) in [6.45, 7) is 9.22. The lowest BCUT2D eigenvalue weighted by atomic mass is 9.97. The molecule has 2 aromatic rings. The van der Waals surface area contributed by atoms with Gasteiger partial charge in [0, 0.05) is 39.3 Å². The number of aliphatic hydroxyl groups excluding tert-OH is 2.